The van der Waals surface area contributed by atoms with Crippen molar-refractivity contribution in [2.24, 2.45) is 0 Å². The molecule has 2 N–H and O–H groups in total. The number of unbranched alkanes of at least 4 members (excludes halogenated alkanes) is 5. The number of aliphatic hydroxyl groups is 1. The lowest BCUT2D eigenvalue weighted by Crippen LogP contribution is -2.23. The van der Waals surface area contributed by atoms with Crippen molar-refractivity contribution in [3.8, 4) is 0 Å². The summed E-state index contributed by atoms with van der Waals surface area (Å²) < 4.78 is 10.8. The Labute approximate surface area is 165 Å². The topological polar surface area (TPSA) is 110 Å². The van der Waals surface area contributed by atoms with E-state index in [1.165, 1.54) is 0 Å². The van der Waals surface area contributed by atoms with Crippen LogP contribution < -0.4 is 0 Å². The second-order valence-corrected chi connectivity index (χ2v) is 7.85. The van der Waals surface area contributed by atoms with Crippen LogP contribution in [-0.4, -0.2) is 45.7 Å². The zero-order valence-corrected chi connectivity index (χ0v) is 16.6. The molecule has 0 bridgehead atoms. The standard InChI is InChI=1S/C21H30O7/c1-14(22)9-7-5-3-4-6-8-11-21(2)12-10-15(28-21)18-19(25)16(13-17(23)24)27-20(18)26/h10,12,14,16,22H,3-9,11,13H2,1-2H3,(H,23,24)/b18-15+/t14?,16-,21+/m0/s1. The van der Waals surface area contributed by atoms with E-state index < -0.39 is 35.8 Å². The predicted molar refractivity (Wildman–Crippen MR) is 101 cm³/mol. The number of ketones is 1. The van der Waals surface area contributed by atoms with Crippen LogP contribution in [-0.2, 0) is 23.9 Å². The van der Waals surface area contributed by atoms with Crippen LogP contribution in [0.3, 0.4) is 0 Å². The molecule has 0 aromatic heterocycles. The largest absolute Gasteiger partial charge is 0.482 e. The molecule has 0 aliphatic carbocycles. The van der Waals surface area contributed by atoms with Crippen LogP contribution in [0.1, 0.15) is 71.6 Å². The van der Waals surface area contributed by atoms with Crippen molar-refractivity contribution in [3.05, 3.63) is 23.5 Å². The Hall–Kier alpha value is -2.15. The van der Waals surface area contributed by atoms with Crippen molar-refractivity contribution in [1.82, 2.24) is 0 Å². The van der Waals surface area contributed by atoms with Gasteiger partial charge in [-0.25, -0.2) is 4.79 Å². The first-order valence-electron chi connectivity index (χ1n) is 9.99. The van der Waals surface area contributed by atoms with Gasteiger partial charge >= 0.3 is 11.9 Å². The van der Waals surface area contributed by atoms with Crippen molar-refractivity contribution in [3.63, 3.8) is 0 Å². The SMILES string of the molecule is CC(O)CCCCCCCC[C@]1(C)C=C/C(=C2\C(=O)O[C@@H](CC(=O)O)C2=O)O1. The molecule has 0 spiro atoms. The molecule has 0 saturated carbocycles. The molecular weight excluding hydrogens is 364 g/mol. The van der Waals surface area contributed by atoms with Gasteiger partial charge in [0.15, 0.2) is 6.10 Å². The predicted octanol–water partition coefficient (Wildman–Crippen LogP) is 3.06. The summed E-state index contributed by atoms with van der Waals surface area (Å²) in [6.45, 7) is 3.71. The Kier molecular flexibility index (Phi) is 7.80. The summed E-state index contributed by atoms with van der Waals surface area (Å²) >= 11 is 0. The second kappa shape index (κ2) is 9.87. The third-order valence-corrected chi connectivity index (χ3v) is 5.07. The molecule has 7 heteroatoms. The van der Waals surface area contributed by atoms with Gasteiger partial charge in [0.25, 0.3) is 0 Å². The fraction of sp³-hybridized carbons (Fsp3) is 0.667. The first-order valence-corrected chi connectivity index (χ1v) is 9.99. The summed E-state index contributed by atoms with van der Waals surface area (Å²) in [4.78, 5) is 35.0. The molecule has 2 rings (SSSR count). The Morgan fingerprint density at radius 2 is 1.82 bits per heavy atom. The molecule has 1 fully saturated rings. The quantitative estimate of drug-likeness (QED) is 0.240. The van der Waals surface area contributed by atoms with E-state index in [9.17, 15) is 19.5 Å². The molecule has 156 valence electrons. The number of Topliss-reactive ketones (excluding diaryl/α,β-unsaturated/α-hetero) is 1. The van der Waals surface area contributed by atoms with Crippen LogP contribution in [0.25, 0.3) is 0 Å². The molecule has 2 aliphatic heterocycles. The number of carboxylic acid groups (broad SMARTS) is 1. The summed E-state index contributed by atoms with van der Waals surface area (Å²) in [5, 5.41) is 18.0. The van der Waals surface area contributed by atoms with E-state index >= 15 is 0 Å². The first-order chi connectivity index (χ1) is 13.2. The lowest BCUT2D eigenvalue weighted by Gasteiger charge is -2.23. The van der Waals surface area contributed by atoms with Gasteiger partial charge in [-0.2, -0.15) is 0 Å². The number of cyclic esters (lactones) is 1. The number of carboxylic acids is 1. The van der Waals surface area contributed by atoms with Gasteiger partial charge in [-0.05, 0) is 45.3 Å². The molecule has 3 atom stereocenters. The van der Waals surface area contributed by atoms with E-state index in [-0.39, 0.29) is 17.4 Å². The molecule has 0 aromatic rings. The maximum atomic E-state index is 12.3. The minimum atomic E-state index is -1.27. The van der Waals surface area contributed by atoms with Crippen LogP contribution in [0.2, 0.25) is 0 Å². The van der Waals surface area contributed by atoms with Crippen molar-refractivity contribution in [2.75, 3.05) is 0 Å². The molecule has 0 aromatic carbocycles. The van der Waals surface area contributed by atoms with Gasteiger partial charge in [-0.1, -0.05) is 32.1 Å². The van der Waals surface area contributed by atoms with E-state index in [1.807, 2.05) is 19.9 Å². The van der Waals surface area contributed by atoms with E-state index in [1.54, 1.807) is 6.08 Å². The highest BCUT2D eigenvalue weighted by Gasteiger charge is 2.44. The van der Waals surface area contributed by atoms with Gasteiger partial charge in [0.05, 0.1) is 12.5 Å². The number of rotatable bonds is 11. The van der Waals surface area contributed by atoms with Crippen molar-refractivity contribution >= 4 is 17.7 Å². The average Bonchev–Trinajstić information content (AvgIpc) is 3.10. The fourth-order valence-electron chi connectivity index (χ4n) is 3.48. The molecular formula is C21H30O7. The lowest BCUT2D eigenvalue weighted by atomic mass is 9.97. The minimum Gasteiger partial charge on any atom is -0.482 e. The molecule has 2 aliphatic rings. The highest BCUT2D eigenvalue weighted by atomic mass is 16.6. The Morgan fingerprint density at radius 1 is 1.18 bits per heavy atom. The molecule has 1 unspecified atom stereocenters. The van der Waals surface area contributed by atoms with Gasteiger partial charge in [0.1, 0.15) is 16.9 Å². The van der Waals surface area contributed by atoms with E-state index in [2.05, 4.69) is 0 Å². The summed E-state index contributed by atoms with van der Waals surface area (Å²) in [5.41, 5.74) is -0.774. The van der Waals surface area contributed by atoms with E-state index in [0.717, 1.165) is 51.4 Å². The van der Waals surface area contributed by atoms with Crippen molar-refractivity contribution in [1.29, 1.82) is 0 Å². The zero-order chi connectivity index (χ0) is 20.7. The molecule has 7 nitrogen and oxygen atoms in total. The lowest BCUT2D eigenvalue weighted by molar-refractivity contribution is -0.147. The number of esters is 1. The number of hydrogen-bond donors (Lipinski definition) is 2. The smallest absolute Gasteiger partial charge is 0.346 e. The average molecular weight is 394 g/mol. The number of aliphatic carboxylic acids is 1. The first kappa shape index (κ1) is 22.1. The molecule has 0 amide bonds. The zero-order valence-electron chi connectivity index (χ0n) is 16.6. The monoisotopic (exact) mass is 394 g/mol. The maximum absolute atomic E-state index is 12.3. The van der Waals surface area contributed by atoms with E-state index in [4.69, 9.17) is 14.6 Å². The highest BCUT2D eigenvalue weighted by Crippen LogP contribution is 2.35. The number of carbonyl (C=O) groups excluding carboxylic acids is 2. The van der Waals surface area contributed by atoms with Crippen LogP contribution in [0.15, 0.2) is 23.5 Å². The second-order valence-electron chi connectivity index (χ2n) is 7.85. The maximum Gasteiger partial charge on any atom is 0.346 e. The molecule has 0 radical (unpaired) electrons. The number of hydrogen-bond acceptors (Lipinski definition) is 6. The van der Waals surface area contributed by atoms with Crippen LogP contribution in [0, 0.1) is 0 Å². The van der Waals surface area contributed by atoms with Crippen molar-refractivity contribution in [2.45, 2.75) is 89.4 Å². The van der Waals surface area contributed by atoms with Gasteiger partial charge in [0.2, 0.25) is 5.78 Å². The van der Waals surface area contributed by atoms with Crippen LogP contribution in [0.4, 0.5) is 0 Å². The summed E-state index contributed by atoms with van der Waals surface area (Å²) in [5.74, 6) is -2.48. The minimum absolute atomic E-state index is 0.170. The number of aliphatic hydroxyl groups excluding tert-OH is 1. The third-order valence-electron chi connectivity index (χ3n) is 5.07. The number of carbonyl (C=O) groups is 3. The van der Waals surface area contributed by atoms with Crippen LogP contribution >= 0.6 is 0 Å². The number of ether oxygens (including phenoxy) is 2. The summed E-state index contributed by atoms with van der Waals surface area (Å²) in [6.07, 6.45) is 9.46. The van der Waals surface area contributed by atoms with E-state index in [0.29, 0.717) is 0 Å². The Morgan fingerprint density at radius 3 is 2.46 bits per heavy atom. The molecule has 2 heterocycles. The van der Waals surface area contributed by atoms with Gasteiger partial charge in [0, 0.05) is 0 Å². The fourth-order valence-corrected chi connectivity index (χ4v) is 3.48. The van der Waals surface area contributed by atoms with Gasteiger partial charge in [-0.15, -0.1) is 0 Å². The Balaban J connectivity index is 1.78. The Bertz CT molecular complexity index is 662. The molecule has 28 heavy (non-hydrogen) atoms. The van der Waals surface area contributed by atoms with Crippen LogP contribution in [0.5, 0.6) is 0 Å². The van der Waals surface area contributed by atoms with Crippen molar-refractivity contribution < 1.29 is 34.1 Å². The number of allylic oxidation sites excluding steroid dienone is 1. The normalized spacial score (nSPS) is 27.8. The highest BCUT2D eigenvalue weighted by molar-refractivity contribution is 6.24. The third kappa shape index (κ3) is 6.19. The summed E-state index contributed by atoms with van der Waals surface area (Å²) in [7, 11) is 0. The molecule has 1 saturated heterocycles. The van der Waals surface area contributed by atoms with Gasteiger partial charge < -0.3 is 19.7 Å². The van der Waals surface area contributed by atoms with Gasteiger partial charge in [-0.3, -0.25) is 9.59 Å². The summed E-state index contributed by atoms with van der Waals surface area (Å²) in [6, 6.07) is 0.